The number of nitrogens with two attached hydrogens (primary N) is 1. The summed E-state index contributed by atoms with van der Waals surface area (Å²) >= 11 is 1.18. The summed E-state index contributed by atoms with van der Waals surface area (Å²) in [5.41, 5.74) is 0.235. The standard InChI is InChI=1S/C20H35N5O2S2/c1-2-22-19(23-15-17-9-10-18(28-17)29(21,26)27)24-16-20(11-5-3-6-12-20)25-13-7-4-8-14-25/h9-10H,2-8,11-16H2,1H3,(H2,21,26,27)(H2,22,23,24). The van der Waals surface area contributed by atoms with Crippen LogP contribution in [0.4, 0.5) is 0 Å². The molecule has 0 radical (unpaired) electrons. The lowest BCUT2D eigenvalue weighted by Gasteiger charge is -2.48. The number of primary sulfonamides is 1. The first-order valence-electron chi connectivity index (χ1n) is 10.8. The van der Waals surface area contributed by atoms with Crippen LogP contribution in [0.1, 0.15) is 63.2 Å². The second-order valence-corrected chi connectivity index (χ2v) is 11.1. The molecule has 1 aromatic heterocycles. The monoisotopic (exact) mass is 441 g/mol. The van der Waals surface area contributed by atoms with Gasteiger partial charge in [-0.2, -0.15) is 0 Å². The topological polar surface area (TPSA) is 99.8 Å². The van der Waals surface area contributed by atoms with Crippen LogP contribution in [0.25, 0.3) is 0 Å². The highest BCUT2D eigenvalue weighted by atomic mass is 32.2. The van der Waals surface area contributed by atoms with Gasteiger partial charge in [-0.15, -0.1) is 11.3 Å². The molecule has 2 heterocycles. The summed E-state index contributed by atoms with van der Waals surface area (Å²) in [6.45, 7) is 6.61. The van der Waals surface area contributed by atoms with E-state index in [9.17, 15) is 8.42 Å². The first-order valence-corrected chi connectivity index (χ1v) is 13.2. The molecule has 29 heavy (non-hydrogen) atoms. The Labute approximate surface area is 179 Å². The van der Waals surface area contributed by atoms with Crippen molar-refractivity contribution in [1.82, 2.24) is 15.5 Å². The molecule has 7 nitrogen and oxygen atoms in total. The van der Waals surface area contributed by atoms with Crippen molar-refractivity contribution in [2.24, 2.45) is 10.1 Å². The van der Waals surface area contributed by atoms with Crippen LogP contribution in [0.2, 0.25) is 0 Å². The Morgan fingerprint density at radius 1 is 1.14 bits per heavy atom. The summed E-state index contributed by atoms with van der Waals surface area (Å²) in [6.07, 6.45) is 10.4. The predicted molar refractivity (Wildman–Crippen MR) is 120 cm³/mol. The Morgan fingerprint density at radius 2 is 1.83 bits per heavy atom. The van der Waals surface area contributed by atoms with Gasteiger partial charge in [-0.3, -0.25) is 4.90 Å². The van der Waals surface area contributed by atoms with Crippen LogP contribution >= 0.6 is 11.3 Å². The van der Waals surface area contributed by atoms with Gasteiger partial charge >= 0.3 is 0 Å². The van der Waals surface area contributed by atoms with E-state index in [4.69, 9.17) is 10.1 Å². The maximum absolute atomic E-state index is 11.5. The quantitative estimate of drug-likeness (QED) is 0.446. The average molecular weight is 442 g/mol. The third-order valence-electron chi connectivity index (χ3n) is 6.05. The van der Waals surface area contributed by atoms with Crippen LogP contribution in [0, 0.1) is 0 Å². The van der Waals surface area contributed by atoms with Crippen molar-refractivity contribution in [3.05, 3.63) is 17.0 Å². The molecule has 9 heteroatoms. The van der Waals surface area contributed by atoms with E-state index in [1.54, 1.807) is 12.1 Å². The zero-order chi connectivity index (χ0) is 20.7. The van der Waals surface area contributed by atoms with Gasteiger partial charge in [-0.05, 0) is 57.8 Å². The minimum atomic E-state index is -3.64. The fourth-order valence-corrected chi connectivity index (χ4v) is 6.23. The lowest BCUT2D eigenvalue weighted by Crippen LogP contribution is -2.59. The van der Waals surface area contributed by atoms with E-state index >= 15 is 0 Å². The molecule has 1 saturated heterocycles. The molecule has 0 spiro atoms. The van der Waals surface area contributed by atoms with Crippen molar-refractivity contribution in [3.8, 4) is 0 Å². The van der Waals surface area contributed by atoms with Gasteiger partial charge in [-0.25, -0.2) is 18.5 Å². The molecule has 1 saturated carbocycles. The number of thiophene rings is 1. The van der Waals surface area contributed by atoms with E-state index in [0.717, 1.165) is 23.9 Å². The maximum atomic E-state index is 11.5. The molecule has 0 atom stereocenters. The van der Waals surface area contributed by atoms with E-state index in [0.29, 0.717) is 6.54 Å². The molecule has 1 aliphatic heterocycles. The van der Waals surface area contributed by atoms with Crippen LogP contribution in [-0.2, 0) is 16.6 Å². The minimum absolute atomic E-state index is 0.187. The van der Waals surface area contributed by atoms with E-state index < -0.39 is 10.0 Å². The number of sulfonamides is 1. The molecule has 1 aromatic rings. The largest absolute Gasteiger partial charge is 0.357 e. The van der Waals surface area contributed by atoms with Crippen molar-refractivity contribution in [3.63, 3.8) is 0 Å². The summed E-state index contributed by atoms with van der Waals surface area (Å²) < 4.78 is 23.1. The molecule has 2 fully saturated rings. The molecule has 164 valence electrons. The predicted octanol–water partition coefficient (Wildman–Crippen LogP) is 2.64. The van der Waals surface area contributed by atoms with Gasteiger partial charge in [0.15, 0.2) is 5.96 Å². The number of hydrogen-bond donors (Lipinski definition) is 3. The zero-order valence-corrected chi connectivity index (χ0v) is 19.1. The Balaban J connectivity index is 1.66. The Morgan fingerprint density at radius 3 is 2.45 bits per heavy atom. The SMILES string of the molecule is CCNC(=NCc1ccc(S(N)(=O)=O)s1)NCC1(N2CCCCC2)CCCCC1. The molecule has 0 unspecified atom stereocenters. The number of nitrogens with zero attached hydrogens (tertiary/aromatic N) is 2. The van der Waals surface area contributed by atoms with Gasteiger partial charge in [-0.1, -0.05) is 25.7 Å². The molecule has 3 rings (SSSR count). The van der Waals surface area contributed by atoms with Gasteiger partial charge in [0.1, 0.15) is 4.21 Å². The summed E-state index contributed by atoms with van der Waals surface area (Å²) in [7, 11) is -3.64. The normalized spacial score (nSPS) is 21.1. The second kappa shape index (κ2) is 10.2. The Kier molecular flexibility index (Phi) is 7.95. The van der Waals surface area contributed by atoms with Crippen LogP contribution in [0.3, 0.4) is 0 Å². The fraction of sp³-hybridized carbons (Fsp3) is 0.750. The Hall–Kier alpha value is -1.16. The van der Waals surface area contributed by atoms with Gasteiger partial charge in [0.25, 0.3) is 0 Å². The first-order chi connectivity index (χ1) is 13.9. The molecular formula is C20H35N5O2S2. The number of rotatable bonds is 7. The third-order valence-corrected chi connectivity index (χ3v) is 8.56. The van der Waals surface area contributed by atoms with Crippen LogP contribution in [0.15, 0.2) is 21.3 Å². The van der Waals surface area contributed by atoms with Gasteiger partial charge < -0.3 is 10.6 Å². The molecule has 0 aromatic carbocycles. The van der Waals surface area contributed by atoms with Crippen molar-refractivity contribution in [1.29, 1.82) is 0 Å². The third kappa shape index (κ3) is 6.16. The van der Waals surface area contributed by atoms with Crippen molar-refractivity contribution in [2.75, 3.05) is 26.2 Å². The van der Waals surface area contributed by atoms with Crippen molar-refractivity contribution < 1.29 is 8.42 Å². The highest BCUT2D eigenvalue weighted by Crippen LogP contribution is 2.35. The summed E-state index contributed by atoms with van der Waals surface area (Å²) in [6, 6.07) is 3.34. The van der Waals surface area contributed by atoms with Crippen LogP contribution in [0.5, 0.6) is 0 Å². The maximum Gasteiger partial charge on any atom is 0.247 e. The smallest absolute Gasteiger partial charge is 0.247 e. The van der Waals surface area contributed by atoms with E-state index in [2.05, 4.69) is 22.5 Å². The lowest BCUT2D eigenvalue weighted by molar-refractivity contribution is 0.0368. The van der Waals surface area contributed by atoms with Gasteiger partial charge in [0, 0.05) is 23.5 Å². The van der Waals surface area contributed by atoms with Gasteiger partial charge in [0.2, 0.25) is 10.0 Å². The highest BCUT2D eigenvalue weighted by molar-refractivity contribution is 7.91. The van der Waals surface area contributed by atoms with Crippen LogP contribution < -0.4 is 15.8 Å². The molecule has 0 amide bonds. The first kappa shape index (κ1) is 22.5. The van der Waals surface area contributed by atoms with E-state index in [1.807, 2.05) is 0 Å². The lowest BCUT2D eigenvalue weighted by atomic mass is 9.79. The summed E-state index contributed by atoms with van der Waals surface area (Å²) in [5, 5.41) is 12.1. The number of piperidine rings is 1. The number of likely N-dealkylation sites (tertiary alicyclic amines) is 1. The number of guanidine groups is 1. The summed E-state index contributed by atoms with van der Waals surface area (Å²) in [5.74, 6) is 0.792. The Bertz CT molecular complexity index is 779. The van der Waals surface area contributed by atoms with E-state index in [1.165, 1.54) is 75.8 Å². The second-order valence-electron chi connectivity index (χ2n) is 8.15. The molecule has 1 aliphatic carbocycles. The average Bonchev–Trinajstić information content (AvgIpc) is 3.21. The number of aliphatic imine (C=N–C) groups is 1. The van der Waals surface area contributed by atoms with Crippen molar-refractivity contribution >= 4 is 27.3 Å². The number of hydrogen-bond acceptors (Lipinski definition) is 5. The molecule has 0 bridgehead atoms. The highest BCUT2D eigenvalue weighted by Gasteiger charge is 2.38. The number of nitrogens with one attached hydrogen (secondary N) is 2. The van der Waals surface area contributed by atoms with Gasteiger partial charge in [0.05, 0.1) is 6.54 Å². The fourth-order valence-electron chi connectivity index (χ4n) is 4.53. The molecule has 4 N–H and O–H groups in total. The molecule has 2 aliphatic rings. The van der Waals surface area contributed by atoms with Crippen molar-refractivity contribution in [2.45, 2.75) is 74.6 Å². The van der Waals surface area contributed by atoms with Crippen LogP contribution in [-0.4, -0.2) is 51.0 Å². The summed E-state index contributed by atoms with van der Waals surface area (Å²) in [4.78, 5) is 8.30. The minimum Gasteiger partial charge on any atom is -0.357 e. The molecular weight excluding hydrogens is 406 g/mol. The zero-order valence-electron chi connectivity index (χ0n) is 17.5. The van der Waals surface area contributed by atoms with E-state index in [-0.39, 0.29) is 9.75 Å².